The van der Waals surface area contributed by atoms with E-state index in [0.29, 0.717) is 6.04 Å². The van der Waals surface area contributed by atoms with Gasteiger partial charge in [0.05, 0.1) is 6.61 Å². The zero-order valence-electron chi connectivity index (χ0n) is 14.6. The first-order valence-corrected chi connectivity index (χ1v) is 7.97. The van der Waals surface area contributed by atoms with Gasteiger partial charge in [0.1, 0.15) is 0 Å². The van der Waals surface area contributed by atoms with E-state index in [1.54, 1.807) is 7.11 Å². The zero-order chi connectivity index (χ0) is 15.9. The molecule has 0 fully saturated rings. The largest absolute Gasteiger partial charge is 0.383 e. The van der Waals surface area contributed by atoms with Crippen molar-refractivity contribution < 1.29 is 4.74 Å². The number of hydrogen-bond acceptors (Lipinski definition) is 3. The summed E-state index contributed by atoms with van der Waals surface area (Å²) in [6.45, 7) is 13.7. The van der Waals surface area contributed by atoms with Crippen molar-refractivity contribution in [1.29, 1.82) is 0 Å². The Morgan fingerprint density at radius 3 is 2.29 bits per heavy atom. The minimum atomic E-state index is 0.153. The third-order valence-electron chi connectivity index (χ3n) is 3.75. The molecule has 0 aliphatic rings. The first-order chi connectivity index (χ1) is 9.87. The van der Waals surface area contributed by atoms with Crippen molar-refractivity contribution in [3.05, 3.63) is 29.8 Å². The van der Waals surface area contributed by atoms with Gasteiger partial charge < -0.3 is 15.0 Å². The number of methoxy groups -OCH3 is 1. The second kappa shape index (κ2) is 8.40. The van der Waals surface area contributed by atoms with Gasteiger partial charge in [0.2, 0.25) is 0 Å². The van der Waals surface area contributed by atoms with E-state index in [0.717, 1.165) is 26.1 Å². The maximum atomic E-state index is 5.24. The van der Waals surface area contributed by atoms with Gasteiger partial charge in [0, 0.05) is 37.5 Å². The molecular weight excluding hydrogens is 260 g/mol. The third kappa shape index (κ3) is 6.49. The predicted octanol–water partition coefficient (Wildman–Crippen LogP) is 3.83. The van der Waals surface area contributed by atoms with Crippen LogP contribution in [0.1, 0.15) is 46.6 Å². The Hall–Kier alpha value is -1.06. The highest BCUT2D eigenvalue weighted by Crippen LogP contribution is 2.19. The van der Waals surface area contributed by atoms with Gasteiger partial charge in [0.15, 0.2) is 0 Å². The van der Waals surface area contributed by atoms with Crippen molar-refractivity contribution in [2.24, 2.45) is 0 Å². The van der Waals surface area contributed by atoms with Gasteiger partial charge >= 0.3 is 0 Å². The van der Waals surface area contributed by atoms with Crippen molar-refractivity contribution in [3.63, 3.8) is 0 Å². The van der Waals surface area contributed by atoms with Crippen molar-refractivity contribution in [2.75, 3.05) is 25.2 Å². The summed E-state index contributed by atoms with van der Waals surface area (Å²) in [4.78, 5) is 2.42. The molecule has 1 unspecified atom stereocenters. The van der Waals surface area contributed by atoms with Crippen molar-refractivity contribution in [1.82, 2.24) is 5.32 Å². The Labute approximate surface area is 130 Å². The van der Waals surface area contributed by atoms with E-state index in [-0.39, 0.29) is 5.54 Å². The first kappa shape index (κ1) is 18.0. The van der Waals surface area contributed by atoms with Crippen LogP contribution in [0.4, 0.5) is 5.69 Å². The van der Waals surface area contributed by atoms with Gasteiger partial charge in [-0.1, -0.05) is 19.1 Å². The summed E-state index contributed by atoms with van der Waals surface area (Å²) < 4.78 is 5.24. The lowest BCUT2D eigenvalue weighted by atomic mass is 10.1. The van der Waals surface area contributed by atoms with Crippen LogP contribution < -0.4 is 10.2 Å². The van der Waals surface area contributed by atoms with Crippen molar-refractivity contribution in [2.45, 2.75) is 59.2 Å². The molecule has 0 spiro atoms. The van der Waals surface area contributed by atoms with Crippen LogP contribution in [0.2, 0.25) is 0 Å². The second-order valence-electron chi connectivity index (χ2n) is 6.71. The molecular formula is C18H32N2O. The molecule has 21 heavy (non-hydrogen) atoms. The fourth-order valence-corrected chi connectivity index (χ4v) is 2.19. The Bertz CT molecular complexity index is 395. The van der Waals surface area contributed by atoms with Gasteiger partial charge in [0.25, 0.3) is 0 Å². The molecule has 1 rings (SSSR count). The number of benzene rings is 1. The van der Waals surface area contributed by atoms with E-state index in [1.807, 2.05) is 0 Å². The van der Waals surface area contributed by atoms with Gasteiger partial charge in [-0.15, -0.1) is 0 Å². The maximum absolute atomic E-state index is 5.24. The van der Waals surface area contributed by atoms with Gasteiger partial charge in [-0.3, -0.25) is 0 Å². The standard InChI is InChI=1S/C18H32N2O/c1-7-15(2)20(12-13-21-6)17-10-8-16(9-11-17)14-19-18(3,4)5/h8-11,15,19H,7,12-14H2,1-6H3. The average Bonchev–Trinajstić information content (AvgIpc) is 2.45. The Morgan fingerprint density at radius 2 is 1.81 bits per heavy atom. The van der Waals surface area contributed by atoms with E-state index < -0.39 is 0 Å². The van der Waals surface area contributed by atoms with Crippen LogP contribution in [-0.4, -0.2) is 31.8 Å². The molecule has 1 aromatic rings. The van der Waals surface area contributed by atoms with Crippen LogP contribution >= 0.6 is 0 Å². The van der Waals surface area contributed by atoms with Crippen molar-refractivity contribution >= 4 is 5.69 Å². The number of rotatable bonds is 8. The molecule has 0 amide bonds. The molecule has 0 saturated carbocycles. The molecule has 0 heterocycles. The van der Waals surface area contributed by atoms with Gasteiger partial charge in [-0.2, -0.15) is 0 Å². The second-order valence-corrected chi connectivity index (χ2v) is 6.71. The van der Waals surface area contributed by atoms with E-state index in [1.165, 1.54) is 11.3 Å². The van der Waals surface area contributed by atoms with E-state index >= 15 is 0 Å². The van der Waals surface area contributed by atoms with Crippen LogP contribution in [0.5, 0.6) is 0 Å². The molecule has 0 aliphatic carbocycles. The highest BCUT2D eigenvalue weighted by atomic mass is 16.5. The van der Waals surface area contributed by atoms with Crippen LogP contribution in [0.15, 0.2) is 24.3 Å². The molecule has 0 saturated heterocycles. The molecule has 1 N–H and O–H groups in total. The highest BCUT2D eigenvalue weighted by Gasteiger charge is 2.13. The smallest absolute Gasteiger partial charge is 0.0637 e. The molecule has 0 aliphatic heterocycles. The van der Waals surface area contributed by atoms with E-state index in [2.05, 4.69) is 69.1 Å². The third-order valence-corrected chi connectivity index (χ3v) is 3.75. The minimum absolute atomic E-state index is 0.153. The van der Waals surface area contributed by atoms with Crippen LogP contribution in [0.3, 0.4) is 0 Å². The summed E-state index contributed by atoms with van der Waals surface area (Å²) in [6.07, 6.45) is 1.14. The molecule has 0 bridgehead atoms. The molecule has 120 valence electrons. The normalized spacial score (nSPS) is 13.2. The molecule has 1 aromatic carbocycles. The topological polar surface area (TPSA) is 24.5 Å². The number of hydrogen-bond donors (Lipinski definition) is 1. The Kier molecular flexibility index (Phi) is 7.20. The quantitative estimate of drug-likeness (QED) is 0.788. The molecule has 3 heteroatoms. The molecule has 3 nitrogen and oxygen atoms in total. The average molecular weight is 292 g/mol. The summed E-state index contributed by atoms with van der Waals surface area (Å²) in [7, 11) is 1.76. The molecule has 0 aromatic heterocycles. The first-order valence-electron chi connectivity index (χ1n) is 7.97. The lowest BCUT2D eigenvalue weighted by Gasteiger charge is -2.31. The fourth-order valence-electron chi connectivity index (χ4n) is 2.19. The van der Waals surface area contributed by atoms with Crippen LogP contribution in [0.25, 0.3) is 0 Å². The summed E-state index contributed by atoms with van der Waals surface area (Å²) in [5.74, 6) is 0. The van der Waals surface area contributed by atoms with Crippen LogP contribution in [-0.2, 0) is 11.3 Å². The number of anilines is 1. The van der Waals surface area contributed by atoms with Gasteiger partial charge in [-0.05, 0) is 51.8 Å². The highest BCUT2D eigenvalue weighted by molar-refractivity contribution is 5.48. The fraction of sp³-hybridized carbons (Fsp3) is 0.667. The molecule has 1 atom stereocenters. The molecule has 0 radical (unpaired) electrons. The summed E-state index contributed by atoms with van der Waals surface area (Å²) in [5, 5.41) is 3.52. The predicted molar refractivity (Wildman–Crippen MR) is 92.0 cm³/mol. The van der Waals surface area contributed by atoms with Crippen LogP contribution in [0, 0.1) is 0 Å². The summed E-state index contributed by atoms with van der Waals surface area (Å²) in [6, 6.07) is 9.41. The number of ether oxygens (including phenoxy) is 1. The lowest BCUT2D eigenvalue weighted by Crippen LogP contribution is -2.36. The number of nitrogens with one attached hydrogen (secondary N) is 1. The zero-order valence-corrected chi connectivity index (χ0v) is 14.6. The van der Waals surface area contributed by atoms with E-state index in [9.17, 15) is 0 Å². The maximum Gasteiger partial charge on any atom is 0.0637 e. The number of nitrogens with zero attached hydrogens (tertiary/aromatic N) is 1. The van der Waals surface area contributed by atoms with E-state index in [4.69, 9.17) is 4.74 Å². The Morgan fingerprint density at radius 1 is 1.19 bits per heavy atom. The SMILES string of the molecule is CCC(C)N(CCOC)c1ccc(CNC(C)(C)C)cc1. The van der Waals surface area contributed by atoms with Gasteiger partial charge in [-0.25, -0.2) is 0 Å². The van der Waals surface area contributed by atoms with Crippen molar-refractivity contribution in [3.8, 4) is 0 Å². The monoisotopic (exact) mass is 292 g/mol. The Balaban J connectivity index is 2.72. The minimum Gasteiger partial charge on any atom is -0.383 e. The summed E-state index contributed by atoms with van der Waals surface area (Å²) in [5.41, 5.74) is 2.75. The lowest BCUT2D eigenvalue weighted by molar-refractivity contribution is 0.203. The summed E-state index contributed by atoms with van der Waals surface area (Å²) >= 11 is 0.